The fourth-order valence-corrected chi connectivity index (χ4v) is 3.67. The summed E-state index contributed by atoms with van der Waals surface area (Å²) in [6.07, 6.45) is 6.88. The molecule has 1 fully saturated rings. The third-order valence-electron chi connectivity index (χ3n) is 4.85. The van der Waals surface area contributed by atoms with Crippen molar-refractivity contribution in [1.29, 1.82) is 0 Å². The summed E-state index contributed by atoms with van der Waals surface area (Å²) in [5, 5.41) is 17.2. The number of hydrogen-bond acceptors (Lipinski definition) is 5. The molecule has 0 saturated carbocycles. The molecule has 7 nitrogen and oxygen atoms in total. The van der Waals surface area contributed by atoms with E-state index in [9.17, 15) is 9.90 Å². The van der Waals surface area contributed by atoms with E-state index in [-0.39, 0.29) is 18.4 Å². The number of aliphatic hydroxyl groups excluding tert-OH is 1. The summed E-state index contributed by atoms with van der Waals surface area (Å²) >= 11 is 6.18. The molecule has 1 aliphatic rings. The number of anilines is 2. The molecule has 2 N–H and O–H groups in total. The molecule has 3 heterocycles. The number of nitrogens with one attached hydrogen (secondary N) is 1. The topological polar surface area (TPSA) is 82.8 Å². The smallest absolute Gasteiger partial charge is 0.261 e. The van der Waals surface area contributed by atoms with E-state index in [0.29, 0.717) is 21.9 Å². The van der Waals surface area contributed by atoms with Crippen molar-refractivity contribution in [2.24, 2.45) is 5.92 Å². The third kappa shape index (κ3) is 3.61. The molecule has 0 aliphatic carbocycles. The van der Waals surface area contributed by atoms with E-state index in [4.69, 9.17) is 11.6 Å². The van der Waals surface area contributed by atoms with Crippen LogP contribution in [0.2, 0.25) is 5.02 Å². The van der Waals surface area contributed by atoms with E-state index in [0.717, 1.165) is 31.6 Å². The molecule has 140 valence electrons. The summed E-state index contributed by atoms with van der Waals surface area (Å²) in [5.74, 6) is -0.0512. The maximum Gasteiger partial charge on any atom is 0.261 e. The summed E-state index contributed by atoms with van der Waals surface area (Å²) in [4.78, 5) is 19.3. The first kappa shape index (κ1) is 17.8. The molecule has 1 unspecified atom stereocenters. The first-order valence-corrected chi connectivity index (χ1v) is 9.28. The van der Waals surface area contributed by atoms with Crippen LogP contribution in [0.5, 0.6) is 0 Å². The van der Waals surface area contributed by atoms with Gasteiger partial charge in [-0.25, -0.2) is 9.50 Å². The minimum atomic E-state index is -0.289. The Morgan fingerprint density at radius 1 is 1.41 bits per heavy atom. The summed E-state index contributed by atoms with van der Waals surface area (Å²) in [6, 6.07) is 7.22. The second-order valence-electron chi connectivity index (χ2n) is 6.70. The highest BCUT2D eigenvalue weighted by Gasteiger charge is 2.23. The lowest BCUT2D eigenvalue weighted by molar-refractivity contribution is 0.102. The summed E-state index contributed by atoms with van der Waals surface area (Å²) in [5.41, 5.74) is 2.43. The fourth-order valence-electron chi connectivity index (χ4n) is 3.49. The average molecular weight is 386 g/mol. The van der Waals surface area contributed by atoms with Crippen LogP contribution in [-0.2, 0) is 0 Å². The van der Waals surface area contributed by atoms with Gasteiger partial charge in [-0.1, -0.05) is 11.6 Å². The van der Waals surface area contributed by atoms with Gasteiger partial charge in [0.15, 0.2) is 5.65 Å². The van der Waals surface area contributed by atoms with Crippen molar-refractivity contribution in [3.63, 3.8) is 0 Å². The fraction of sp³-hybridized carbons (Fsp3) is 0.316. The predicted octanol–water partition coefficient (Wildman–Crippen LogP) is 2.84. The highest BCUT2D eigenvalue weighted by atomic mass is 35.5. The van der Waals surface area contributed by atoms with E-state index < -0.39 is 0 Å². The second-order valence-corrected chi connectivity index (χ2v) is 7.13. The molecule has 2 aromatic heterocycles. The number of fused-ring (bicyclic) bond motifs is 1. The summed E-state index contributed by atoms with van der Waals surface area (Å²) in [7, 11) is 0. The van der Waals surface area contributed by atoms with E-state index >= 15 is 0 Å². The van der Waals surface area contributed by atoms with Gasteiger partial charge in [-0.3, -0.25) is 4.79 Å². The van der Waals surface area contributed by atoms with Gasteiger partial charge in [0.05, 0.1) is 17.6 Å². The number of halogens is 1. The molecular weight excluding hydrogens is 366 g/mol. The number of benzene rings is 1. The molecule has 1 aliphatic heterocycles. The first-order valence-electron chi connectivity index (χ1n) is 8.91. The molecular formula is C19H20ClN5O2. The SMILES string of the molecule is O=C(Nc1cc(Cl)ccc1N1CCCC(CO)C1)c1cnn2cccnc12. The highest BCUT2D eigenvalue weighted by Crippen LogP contribution is 2.32. The number of carbonyl (C=O) groups is 1. The molecule has 1 aromatic carbocycles. The minimum absolute atomic E-state index is 0.167. The molecule has 0 radical (unpaired) electrons. The van der Waals surface area contributed by atoms with Crippen molar-refractivity contribution < 1.29 is 9.90 Å². The van der Waals surface area contributed by atoms with Gasteiger partial charge in [0.1, 0.15) is 5.56 Å². The second kappa shape index (κ2) is 7.54. The maximum atomic E-state index is 12.8. The first-order chi connectivity index (χ1) is 13.2. The van der Waals surface area contributed by atoms with E-state index in [1.807, 2.05) is 12.1 Å². The number of amides is 1. The van der Waals surface area contributed by atoms with E-state index in [2.05, 4.69) is 20.3 Å². The van der Waals surface area contributed by atoms with Crippen LogP contribution in [0.25, 0.3) is 5.65 Å². The van der Waals surface area contributed by atoms with Crippen LogP contribution in [0.1, 0.15) is 23.2 Å². The van der Waals surface area contributed by atoms with Gasteiger partial charge < -0.3 is 15.3 Å². The number of nitrogens with zero attached hydrogens (tertiary/aromatic N) is 4. The van der Waals surface area contributed by atoms with Crippen molar-refractivity contribution in [1.82, 2.24) is 14.6 Å². The molecule has 1 atom stereocenters. The van der Waals surface area contributed by atoms with Crippen molar-refractivity contribution in [2.75, 3.05) is 29.9 Å². The Hall–Kier alpha value is -2.64. The third-order valence-corrected chi connectivity index (χ3v) is 5.08. The molecule has 0 bridgehead atoms. The molecule has 1 amide bonds. The largest absolute Gasteiger partial charge is 0.396 e. The van der Waals surface area contributed by atoms with Gasteiger partial charge in [-0.2, -0.15) is 5.10 Å². The van der Waals surface area contributed by atoms with Gasteiger partial charge in [-0.15, -0.1) is 0 Å². The van der Waals surface area contributed by atoms with Crippen LogP contribution in [0, 0.1) is 5.92 Å². The zero-order valence-electron chi connectivity index (χ0n) is 14.7. The van der Waals surface area contributed by atoms with Crippen LogP contribution in [0.3, 0.4) is 0 Å². The van der Waals surface area contributed by atoms with E-state index in [1.165, 1.54) is 6.20 Å². The van der Waals surface area contributed by atoms with E-state index in [1.54, 1.807) is 29.0 Å². The Bertz CT molecular complexity index is 974. The average Bonchev–Trinajstić information content (AvgIpc) is 3.12. The van der Waals surface area contributed by atoms with Crippen molar-refractivity contribution in [3.05, 3.63) is 53.4 Å². The van der Waals surface area contributed by atoms with Crippen LogP contribution in [0.4, 0.5) is 11.4 Å². The Morgan fingerprint density at radius 2 is 2.30 bits per heavy atom. The zero-order valence-corrected chi connectivity index (χ0v) is 15.4. The number of rotatable bonds is 4. The predicted molar refractivity (Wildman–Crippen MR) is 104 cm³/mol. The number of aliphatic hydroxyl groups is 1. The van der Waals surface area contributed by atoms with Crippen molar-refractivity contribution in [2.45, 2.75) is 12.8 Å². The lowest BCUT2D eigenvalue weighted by atomic mass is 9.98. The lowest BCUT2D eigenvalue weighted by Crippen LogP contribution is -2.37. The van der Waals surface area contributed by atoms with Crippen LogP contribution >= 0.6 is 11.6 Å². The van der Waals surface area contributed by atoms with Crippen molar-refractivity contribution >= 4 is 34.5 Å². The number of hydrogen-bond donors (Lipinski definition) is 2. The normalized spacial score (nSPS) is 17.3. The van der Waals surface area contributed by atoms with Crippen LogP contribution < -0.4 is 10.2 Å². The quantitative estimate of drug-likeness (QED) is 0.721. The Balaban J connectivity index is 1.63. The highest BCUT2D eigenvalue weighted by molar-refractivity contribution is 6.31. The van der Waals surface area contributed by atoms with Gasteiger partial charge in [0.2, 0.25) is 0 Å². The Kier molecular flexibility index (Phi) is 4.96. The molecule has 3 aromatic rings. The standard InChI is InChI=1S/C19H20ClN5O2/c20-14-4-5-17(24-7-1-3-13(11-24)12-26)16(9-14)23-19(27)15-10-22-25-8-2-6-21-18(15)25/h2,4-6,8-10,13,26H,1,3,7,11-12H2,(H,23,27). The van der Waals surface area contributed by atoms with Gasteiger partial charge >= 0.3 is 0 Å². The molecule has 1 saturated heterocycles. The number of carbonyl (C=O) groups excluding carboxylic acids is 1. The van der Waals surface area contributed by atoms with Gasteiger partial charge in [0.25, 0.3) is 5.91 Å². The lowest BCUT2D eigenvalue weighted by Gasteiger charge is -2.34. The molecule has 8 heteroatoms. The summed E-state index contributed by atoms with van der Waals surface area (Å²) < 4.78 is 1.56. The zero-order chi connectivity index (χ0) is 18.8. The van der Waals surface area contributed by atoms with Crippen LogP contribution in [0.15, 0.2) is 42.9 Å². The van der Waals surface area contributed by atoms with Gasteiger partial charge in [-0.05, 0) is 43.0 Å². The maximum absolute atomic E-state index is 12.8. The van der Waals surface area contributed by atoms with Gasteiger partial charge in [0, 0.05) is 37.1 Å². The monoisotopic (exact) mass is 385 g/mol. The molecule has 4 rings (SSSR count). The molecule has 27 heavy (non-hydrogen) atoms. The summed E-state index contributed by atoms with van der Waals surface area (Å²) in [6.45, 7) is 1.79. The molecule has 0 spiro atoms. The van der Waals surface area contributed by atoms with Crippen molar-refractivity contribution in [3.8, 4) is 0 Å². The minimum Gasteiger partial charge on any atom is -0.396 e. The number of piperidine rings is 1. The van der Waals surface area contributed by atoms with Crippen LogP contribution in [-0.4, -0.2) is 45.3 Å². The Morgan fingerprint density at radius 3 is 3.15 bits per heavy atom. The number of aromatic nitrogens is 3. The Labute approximate surface area is 161 Å².